The molecule has 0 amide bonds. The fourth-order valence-corrected chi connectivity index (χ4v) is 2.28. The molecule has 3 nitrogen and oxygen atoms in total. The first kappa shape index (κ1) is 13.3. The van der Waals surface area contributed by atoms with E-state index in [-0.39, 0.29) is 11.9 Å². The van der Waals surface area contributed by atoms with Gasteiger partial charge in [0.1, 0.15) is 17.7 Å². The van der Waals surface area contributed by atoms with Gasteiger partial charge >= 0.3 is 0 Å². The number of hydrogen-bond acceptors (Lipinski definition) is 3. The van der Waals surface area contributed by atoms with Gasteiger partial charge in [0.05, 0.1) is 0 Å². The number of rotatable bonds is 6. The van der Waals surface area contributed by atoms with Crippen molar-refractivity contribution in [2.45, 2.75) is 19.4 Å². The molecule has 0 aromatic heterocycles. The van der Waals surface area contributed by atoms with Crippen LogP contribution in [0.25, 0.3) is 0 Å². The van der Waals surface area contributed by atoms with Crippen LogP contribution < -0.4 is 10.1 Å². The SMILES string of the molecule is CCNCCN(C)CC1Cc2cc(F)ccc2O1. The summed E-state index contributed by atoms with van der Waals surface area (Å²) in [6.07, 6.45) is 0.951. The van der Waals surface area contributed by atoms with E-state index in [1.165, 1.54) is 6.07 Å². The number of benzene rings is 1. The van der Waals surface area contributed by atoms with Gasteiger partial charge in [-0.15, -0.1) is 0 Å². The Hall–Kier alpha value is -1.13. The Morgan fingerprint density at radius 2 is 2.33 bits per heavy atom. The summed E-state index contributed by atoms with van der Waals surface area (Å²) in [6, 6.07) is 4.76. The fraction of sp³-hybridized carbons (Fsp3) is 0.571. The average molecular weight is 252 g/mol. The van der Waals surface area contributed by atoms with Gasteiger partial charge in [-0.1, -0.05) is 6.92 Å². The molecule has 100 valence electrons. The van der Waals surface area contributed by atoms with Gasteiger partial charge < -0.3 is 15.0 Å². The minimum absolute atomic E-state index is 0.147. The van der Waals surface area contributed by atoms with E-state index < -0.39 is 0 Å². The van der Waals surface area contributed by atoms with Gasteiger partial charge in [0.2, 0.25) is 0 Å². The zero-order valence-electron chi connectivity index (χ0n) is 11.1. The van der Waals surface area contributed by atoms with Gasteiger partial charge in [0.25, 0.3) is 0 Å². The molecule has 0 saturated carbocycles. The van der Waals surface area contributed by atoms with E-state index in [0.717, 1.165) is 43.9 Å². The van der Waals surface area contributed by atoms with Crippen LogP contribution in [0.2, 0.25) is 0 Å². The second-order valence-electron chi connectivity index (χ2n) is 4.81. The van der Waals surface area contributed by atoms with Crippen LogP contribution >= 0.6 is 0 Å². The Morgan fingerprint density at radius 1 is 1.50 bits per heavy atom. The van der Waals surface area contributed by atoms with E-state index in [1.54, 1.807) is 12.1 Å². The summed E-state index contributed by atoms with van der Waals surface area (Å²) in [6.45, 7) is 5.96. The van der Waals surface area contributed by atoms with Crippen molar-refractivity contribution in [1.29, 1.82) is 0 Å². The van der Waals surface area contributed by atoms with Crippen molar-refractivity contribution < 1.29 is 9.13 Å². The van der Waals surface area contributed by atoms with Crippen LogP contribution in [0.4, 0.5) is 4.39 Å². The molecule has 1 aliphatic heterocycles. The molecule has 1 atom stereocenters. The average Bonchev–Trinajstić information content (AvgIpc) is 2.70. The van der Waals surface area contributed by atoms with Crippen molar-refractivity contribution in [3.63, 3.8) is 0 Å². The molecule has 0 saturated heterocycles. The molecular weight excluding hydrogens is 231 g/mol. The van der Waals surface area contributed by atoms with Crippen LogP contribution in [0.1, 0.15) is 12.5 Å². The molecule has 18 heavy (non-hydrogen) atoms. The number of fused-ring (bicyclic) bond motifs is 1. The van der Waals surface area contributed by atoms with Crippen molar-refractivity contribution in [3.8, 4) is 5.75 Å². The summed E-state index contributed by atoms with van der Waals surface area (Å²) >= 11 is 0. The highest BCUT2D eigenvalue weighted by Gasteiger charge is 2.24. The van der Waals surface area contributed by atoms with Crippen LogP contribution in [0.3, 0.4) is 0 Å². The summed E-state index contributed by atoms with van der Waals surface area (Å²) in [7, 11) is 2.09. The minimum Gasteiger partial charge on any atom is -0.488 e. The number of halogens is 1. The molecule has 0 fully saturated rings. The van der Waals surface area contributed by atoms with Gasteiger partial charge in [-0.2, -0.15) is 0 Å². The molecule has 0 spiro atoms. The third kappa shape index (κ3) is 3.43. The Labute approximate surface area is 108 Å². The molecule has 1 heterocycles. The zero-order chi connectivity index (χ0) is 13.0. The molecule has 0 radical (unpaired) electrons. The van der Waals surface area contributed by atoms with Crippen molar-refractivity contribution in [3.05, 3.63) is 29.6 Å². The van der Waals surface area contributed by atoms with Gasteiger partial charge in [-0.3, -0.25) is 0 Å². The number of likely N-dealkylation sites (N-methyl/N-ethyl adjacent to an activating group) is 2. The van der Waals surface area contributed by atoms with E-state index in [0.29, 0.717) is 0 Å². The summed E-state index contributed by atoms with van der Waals surface area (Å²) in [5.74, 6) is 0.653. The number of ether oxygens (including phenoxy) is 1. The van der Waals surface area contributed by atoms with Crippen molar-refractivity contribution in [2.75, 3.05) is 33.2 Å². The third-order valence-electron chi connectivity index (χ3n) is 3.20. The maximum atomic E-state index is 13.1. The Morgan fingerprint density at radius 3 is 3.11 bits per heavy atom. The van der Waals surface area contributed by atoms with Crippen LogP contribution in [0, 0.1) is 5.82 Å². The molecule has 1 aromatic carbocycles. The standard InChI is InChI=1S/C14H21FN2O/c1-3-16-6-7-17(2)10-13-9-11-8-12(15)4-5-14(11)18-13/h4-5,8,13,16H,3,6-7,9-10H2,1-2H3. The molecule has 1 aromatic rings. The molecular formula is C14H21FN2O. The summed E-state index contributed by atoms with van der Waals surface area (Å²) in [4.78, 5) is 2.25. The topological polar surface area (TPSA) is 24.5 Å². The van der Waals surface area contributed by atoms with E-state index in [4.69, 9.17) is 4.74 Å². The lowest BCUT2D eigenvalue weighted by atomic mass is 10.1. The molecule has 1 aliphatic rings. The Balaban J connectivity index is 1.80. The quantitative estimate of drug-likeness (QED) is 0.779. The van der Waals surface area contributed by atoms with Crippen LogP contribution in [0.5, 0.6) is 5.75 Å². The summed E-state index contributed by atoms with van der Waals surface area (Å²) in [5.41, 5.74) is 0.986. The first-order chi connectivity index (χ1) is 8.69. The van der Waals surface area contributed by atoms with Gasteiger partial charge in [0, 0.05) is 31.6 Å². The van der Waals surface area contributed by atoms with E-state index in [1.807, 2.05) is 0 Å². The van der Waals surface area contributed by atoms with Crippen molar-refractivity contribution in [1.82, 2.24) is 10.2 Å². The van der Waals surface area contributed by atoms with Crippen LogP contribution in [0.15, 0.2) is 18.2 Å². The van der Waals surface area contributed by atoms with Gasteiger partial charge in [0.15, 0.2) is 0 Å². The van der Waals surface area contributed by atoms with Crippen molar-refractivity contribution >= 4 is 0 Å². The molecule has 2 rings (SSSR count). The lowest BCUT2D eigenvalue weighted by Crippen LogP contribution is -2.36. The molecule has 1 unspecified atom stereocenters. The number of nitrogens with zero attached hydrogens (tertiary/aromatic N) is 1. The number of hydrogen-bond donors (Lipinski definition) is 1. The van der Waals surface area contributed by atoms with Crippen LogP contribution in [-0.2, 0) is 6.42 Å². The summed E-state index contributed by atoms with van der Waals surface area (Å²) in [5, 5.41) is 3.30. The fourth-order valence-electron chi connectivity index (χ4n) is 2.28. The number of nitrogens with one attached hydrogen (secondary N) is 1. The maximum absolute atomic E-state index is 13.1. The van der Waals surface area contributed by atoms with Crippen LogP contribution in [-0.4, -0.2) is 44.2 Å². The van der Waals surface area contributed by atoms with Crippen molar-refractivity contribution in [2.24, 2.45) is 0 Å². The molecule has 0 aliphatic carbocycles. The van der Waals surface area contributed by atoms with Gasteiger partial charge in [-0.25, -0.2) is 4.39 Å². The zero-order valence-corrected chi connectivity index (χ0v) is 11.1. The van der Waals surface area contributed by atoms with E-state index in [2.05, 4.69) is 24.2 Å². The predicted molar refractivity (Wildman–Crippen MR) is 70.6 cm³/mol. The van der Waals surface area contributed by atoms with E-state index in [9.17, 15) is 4.39 Å². The molecule has 1 N–H and O–H groups in total. The van der Waals surface area contributed by atoms with Gasteiger partial charge in [-0.05, 0) is 31.8 Å². The Bertz CT molecular complexity index is 397. The normalized spacial score (nSPS) is 17.9. The third-order valence-corrected chi connectivity index (χ3v) is 3.20. The largest absolute Gasteiger partial charge is 0.488 e. The smallest absolute Gasteiger partial charge is 0.123 e. The second-order valence-corrected chi connectivity index (χ2v) is 4.81. The summed E-state index contributed by atoms with van der Waals surface area (Å²) < 4.78 is 18.9. The lowest BCUT2D eigenvalue weighted by Gasteiger charge is -2.20. The lowest BCUT2D eigenvalue weighted by molar-refractivity contribution is 0.169. The highest BCUT2D eigenvalue weighted by molar-refractivity contribution is 5.37. The monoisotopic (exact) mass is 252 g/mol. The molecule has 0 bridgehead atoms. The van der Waals surface area contributed by atoms with E-state index >= 15 is 0 Å². The highest BCUT2D eigenvalue weighted by atomic mass is 19.1. The maximum Gasteiger partial charge on any atom is 0.123 e. The molecule has 4 heteroatoms. The highest BCUT2D eigenvalue weighted by Crippen LogP contribution is 2.29. The Kier molecular flexibility index (Phi) is 4.55. The predicted octanol–water partition coefficient (Wildman–Crippen LogP) is 1.67. The first-order valence-electron chi connectivity index (χ1n) is 6.53. The second kappa shape index (κ2) is 6.16. The minimum atomic E-state index is -0.182. The first-order valence-corrected chi connectivity index (χ1v) is 6.53.